The van der Waals surface area contributed by atoms with Gasteiger partial charge in [0.1, 0.15) is 0 Å². The summed E-state index contributed by atoms with van der Waals surface area (Å²) in [5.41, 5.74) is -0.334. The summed E-state index contributed by atoms with van der Waals surface area (Å²) in [7, 11) is 0. The Kier molecular flexibility index (Phi) is 2.42. The van der Waals surface area contributed by atoms with Gasteiger partial charge in [0.2, 0.25) is 0 Å². The van der Waals surface area contributed by atoms with Crippen molar-refractivity contribution in [2.75, 3.05) is 0 Å². The van der Waals surface area contributed by atoms with E-state index in [0.29, 0.717) is 9.99 Å². The summed E-state index contributed by atoms with van der Waals surface area (Å²) < 4.78 is 38.3. The van der Waals surface area contributed by atoms with Gasteiger partial charge in [0.05, 0.1) is 11.1 Å². The molecule has 0 bridgehead atoms. The van der Waals surface area contributed by atoms with E-state index in [0.717, 1.165) is 6.07 Å². The predicted molar refractivity (Wildman–Crippen MR) is 54.4 cm³/mol. The van der Waals surface area contributed by atoms with Crippen molar-refractivity contribution in [2.24, 2.45) is 0 Å². The van der Waals surface area contributed by atoms with E-state index in [2.05, 4.69) is 20.9 Å². The predicted octanol–water partition coefficient (Wildman–Crippen LogP) is 4.02. The Labute approximate surface area is 92.1 Å². The van der Waals surface area contributed by atoms with E-state index < -0.39 is 11.7 Å². The van der Waals surface area contributed by atoms with Gasteiger partial charge in [-0.3, -0.25) is 4.98 Å². The summed E-state index contributed by atoms with van der Waals surface area (Å²) >= 11 is 3.04. The van der Waals surface area contributed by atoms with Crippen LogP contribution in [0.4, 0.5) is 13.2 Å². The number of rotatable bonds is 0. The van der Waals surface area contributed by atoms with Crippen molar-refractivity contribution in [3.05, 3.63) is 40.5 Å². The second kappa shape index (κ2) is 3.48. The minimum absolute atomic E-state index is 0.119. The lowest BCUT2D eigenvalue weighted by Gasteiger charge is -2.10. The third-order valence-electron chi connectivity index (χ3n) is 1.99. The second-order valence-corrected chi connectivity index (χ2v) is 3.94. The van der Waals surface area contributed by atoms with Crippen LogP contribution in [0.15, 0.2) is 34.9 Å². The number of hydrogen-bond donors (Lipinski definition) is 0. The number of pyridine rings is 1. The van der Waals surface area contributed by atoms with Gasteiger partial charge in [0, 0.05) is 16.1 Å². The second-order valence-electron chi connectivity index (χ2n) is 3.02. The number of aromatic nitrogens is 1. The van der Waals surface area contributed by atoms with Gasteiger partial charge >= 0.3 is 6.18 Å². The van der Waals surface area contributed by atoms with Gasteiger partial charge in [-0.25, -0.2) is 0 Å². The lowest BCUT2D eigenvalue weighted by atomic mass is 10.1. The molecule has 1 heterocycles. The number of nitrogens with zero attached hydrogens (tertiary/aromatic N) is 1. The van der Waals surface area contributed by atoms with Gasteiger partial charge in [-0.05, 0) is 18.2 Å². The summed E-state index contributed by atoms with van der Waals surface area (Å²) in [6.07, 6.45) is -2.89. The zero-order chi connectivity index (χ0) is 11.1. The molecule has 0 aliphatic carbocycles. The van der Waals surface area contributed by atoms with Crippen LogP contribution in [0.25, 0.3) is 10.9 Å². The van der Waals surface area contributed by atoms with Crippen LogP contribution in [0, 0.1) is 0 Å². The molecular formula is C10H5BrF3N. The summed E-state index contributed by atoms with van der Waals surface area (Å²) in [5.74, 6) is 0. The average molecular weight is 276 g/mol. The van der Waals surface area contributed by atoms with Crippen LogP contribution in [-0.4, -0.2) is 4.98 Å². The minimum Gasteiger partial charge on any atom is -0.256 e. The van der Waals surface area contributed by atoms with Crippen molar-refractivity contribution >= 4 is 26.8 Å². The standard InChI is InChI=1S/C10H5BrF3N/c11-6-4-8(10(12,13)14)7-2-1-3-15-9(7)5-6/h1-5H. The Bertz CT molecular complexity index is 507. The molecule has 0 atom stereocenters. The van der Waals surface area contributed by atoms with Crippen LogP contribution in [0.1, 0.15) is 5.56 Å². The maximum absolute atomic E-state index is 12.6. The molecule has 2 aromatic rings. The van der Waals surface area contributed by atoms with E-state index in [1.807, 2.05) is 0 Å². The summed E-state index contributed by atoms with van der Waals surface area (Å²) in [5, 5.41) is 0.119. The fourth-order valence-electron chi connectivity index (χ4n) is 1.38. The molecule has 1 aromatic carbocycles. The number of fused-ring (bicyclic) bond motifs is 1. The lowest BCUT2D eigenvalue weighted by molar-refractivity contribution is -0.136. The molecule has 78 valence electrons. The van der Waals surface area contributed by atoms with Crippen molar-refractivity contribution in [1.82, 2.24) is 4.98 Å². The Morgan fingerprint density at radius 3 is 2.60 bits per heavy atom. The van der Waals surface area contributed by atoms with Gasteiger partial charge in [0.25, 0.3) is 0 Å². The highest BCUT2D eigenvalue weighted by molar-refractivity contribution is 9.10. The fraction of sp³-hybridized carbons (Fsp3) is 0.100. The van der Waals surface area contributed by atoms with Crippen molar-refractivity contribution in [1.29, 1.82) is 0 Å². The normalized spacial score (nSPS) is 12.0. The molecule has 0 spiro atoms. The maximum atomic E-state index is 12.6. The van der Waals surface area contributed by atoms with E-state index in [1.165, 1.54) is 18.3 Å². The highest BCUT2D eigenvalue weighted by Gasteiger charge is 2.32. The van der Waals surface area contributed by atoms with Crippen LogP contribution in [0.5, 0.6) is 0 Å². The molecular weight excluding hydrogens is 271 g/mol. The first-order valence-electron chi connectivity index (χ1n) is 4.10. The summed E-state index contributed by atoms with van der Waals surface area (Å²) in [6.45, 7) is 0. The summed E-state index contributed by atoms with van der Waals surface area (Å²) in [4.78, 5) is 3.89. The number of alkyl halides is 3. The zero-order valence-corrected chi connectivity index (χ0v) is 8.93. The molecule has 0 aliphatic rings. The zero-order valence-electron chi connectivity index (χ0n) is 7.35. The fourth-order valence-corrected chi connectivity index (χ4v) is 1.83. The molecule has 0 saturated heterocycles. The molecule has 0 amide bonds. The Balaban J connectivity index is 2.83. The molecule has 0 unspecified atom stereocenters. The van der Waals surface area contributed by atoms with E-state index in [1.54, 1.807) is 6.07 Å². The van der Waals surface area contributed by atoms with Crippen LogP contribution in [0.3, 0.4) is 0 Å². The largest absolute Gasteiger partial charge is 0.417 e. The molecule has 1 aromatic heterocycles. The maximum Gasteiger partial charge on any atom is 0.417 e. The topological polar surface area (TPSA) is 12.9 Å². The highest BCUT2D eigenvalue weighted by Crippen LogP contribution is 2.36. The highest BCUT2D eigenvalue weighted by atomic mass is 79.9. The van der Waals surface area contributed by atoms with E-state index >= 15 is 0 Å². The molecule has 5 heteroatoms. The molecule has 2 rings (SSSR count). The minimum atomic E-state index is -4.36. The first-order chi connectivity index (χ1) is 6.98. The lowest BCUT2D eigenvalue weighted by Crippen LogP contribution is -2.06. The van der Waals surface area contributed by atoms with Crippen molar-refractivity contribution in [3.63, 3.8) is 0 Å². The molecule has 1 nitrogen and oxygen atoms in total. The Hall–Kier alpha value is -1.10. The number of halogens is 4. The van der Waals surface area contributed by atoms with Crippen molar-refractivity contribution < 1.29 is 13.2 Å². The number of benzene rings is 1. The summed E-state index contributed by atoms with van der Waals surface area (Å²) in [6, 6.07) is 5.53. The van der Waals surface area contributed by atoms with Gasteiger partial charge in [-0.15, -0.1) is 0 Å². The Morgan fingerprint density at radius 1 is 1.20 bits per heavy atom. The van der Waals surface area contributed by atoms with Gasteiger partial charge in [0.15, 0.2) is 0 Å². The Morgan fingerprint density at radius 2 is 1.93 bits per heavy atom. The van der Waals surface area contributed by atoms with Crippen LogP contribution < -0.4 is 0 Å². The molecule has 0 fully saturated rings. The van der Waals surface area contributed by atoms with Crippen molar-refractivity contribution in [2.45, 2.75) is 6.18 Å². The molecule has 0 N–H and O–H groups in total. The molecule has 0 saturated carbocycles. The van der Waals surface area contributed by atoms with Crippen LogP contribution in [0.2, 0.25) is 0 Å². The van der Waals surface area contributed by atoms with E-state index in [-0.39, 0.29) is 5.39 Å². The smallest absolute Gasteiger partial charge is 0.256 e. The average Bonchev–Trinajstić information content (AvgIpc) is 2.15. The molecule has 0 aliphatic heterocycles. The van der Waals surface area contributed by atoms with E-state index in [4.69, 9.17) is 0 Å². The third-order valence-corrected chi connectivity index (χ3v) is 2.45. The van der Waals surface area contributed by atoms with Crippen molar-refractivity contribution in [3.8, 4) is 0 Å². The monoisotopic (exact) mass is 275 g/mol. The van der Waals surface area contributed by atoms with Gasteiger partial charge in [-0.1, -0.05) is 22.0 Å². The molecule has 15 heavy (non-hydrogen) atoms. The molecule has 0 radical (unpaired) electrons. The number of hydrogen-bond acceptors (Lipinski definition) is 1. The SMILES string of the molecule is FC(F)(F)c1cc(Br)cc2ncccc12. The van der Waals surface area contributed by atoms with Gasteiger partial charge < -0.3 is 0 Å². The quantitative estimate of drug-likeness (QED) is 0.708. The first kappa shape index (κ1) is 10.4. The van der Waals surface area contributed by atoms with E-state index in [9.17, 15) is 13.2 Å². The van der Waals surface area contributed by atoms with Gasteiger partial charge in [-0.2, -0.15) is 13.2 Å². The van der Waals surface area contributed by atoms with Crippen LogP contribution in [-0.2, 0) is 6.18 Å². The first-order valence-corrected chi connectivity index (χ1v) is 4.89. The van der Waals surface area contributed by atoms with Crippen LogP contribution >= 0.6 is 15.9 Å². The third kappa shape index (κ3) is 1.97.